The zero-order valence-electron chi connectivity index (χ0n) is 18.6. The van der Waals surface area contributed by atoms with Gasteiger partial charge in [0.2, 0.25) is 5.91 Å². The highest BCUT2D eigenvalue weighted by molar-refractivity contribution is 7.90. The van der Waals surface area contributed by atoms with Gasteiger partial charge in [0.05, 0.1) is 4.90 Å². The Morgan fingerprint density at radius 2 is 1.77 bits per heavy atom. The number of carbonyl (C=O) groups excluding carboxylic acids is 1. The Morgan fingerprint density at radius 3 is 2.39 bits per heavy atom. The maximum absolute atomic E-state index is 12.1. The summed E-state index contributed by atoms with van der Waals surface area (Å²) in [6, 6.07) is 14.6. The number of benzene rings is 2. The van der Waals surface area contributed by atoms with E-state index in [1.165, 1.54) is 6.26 Å². The molecule has 2 rings (SSSR count). The van der Waals surface area contributed by atoms with E-state index in [9.17, 15) is 13.2 Å². The van der Waals surface area contributed by atoms with Gasteiger partial charge in [0, 0.05) is 38.0 Å². The molecule has 0 aliphatic rings. The van der Waals surface area contributed by atoms with E-state index < -0.39 is 9.84 Å². The van der Waals surface area contributed by atoms with Crippen molar-refractivity contribution < 1.29 is 13.2 Å². The molecular weight excluding hydrogens is 412 g/mol. The maximum Gasteiger partial charge on any atom is 0.227 e. The van der Waals surface area contributed by atoms with Crippen molar-refractivity contribution in [2.75, 3.05) is 25.2 Å². The van der Waals surface area contributed by atoms with Gasteiger partial charge >= 0.3 is 0 Å². The van der Waals surface area contributed by atoms with Crippen LogP contribution in [-0.4, -0.2) is 40.1 Å². The average molecular weight is 445 g/mol. The highest BCUT2D eigenvalue weighted by atomic mass is 32.2. The van der Waals surface area contributed by atoms with Gasteiger partial charge in [-0.15, -0.1) is 0 Å². The van der Waals surface area contributed by atoms with Gasteiger partial charge in [0.1, 0.15) is 0 Å². The minimum absolute atomic E-state index is 0.0209. The third-order valence-electron chi connectivity index (χ3n) is 5.00. The maximum atomic E-state index is 12.1. The number of anilines is 1. The lowest BCUT2D eigenvalue weighted by atomic mass is 10.1. The summed E-state index contributed by atoms with van der Waals surface area (Å²) in [6.07, 6.45) is 2.74. The van der Waals surface area contributed by atoms with Crippen LogP contribution in [0.15, 0.2) is 58.4 Å². The summed E-state index contributed by atoms with van der Waals surface area (Å²) < 4.78 is 23.1. The fourth-order valence-corrected chi connectivity index (χ4v) is 3.48. The lowest BCUT2D eigenvalue weighted by Gasteiger charge is -2.14. The first kappa shape index (κ1) is 24.4. The van der Waals surface area contributed by atoms with Crippen molar-refractivity contribution in [3.8, 4) is 0 Å². The standard InChI is InChI=1S/C23H32N4O3S/c1-5-17(2)22(28)27-20-8-6-7-19(15-20)16-26-23(24-3)25-14-13-18-9-11-21(12-10-18)31(4,29)30/h6-12,15,17H,5,13-14,16H2,1-4H3,(H,27,28)(H2,24,25,26). The Morgan fingerprint density at radius 1 is 1.06 bits per heavy atom. The van der Waals surface area contributed by atoms with Crippen LogP contribution >= 0.6 is 0 Å². The van der Waals surface area contributed by atoms with Crippen LogP contribution in [0.4, 0.5) is 5.69 Å². The first-order chi connectivity index (χ1) is 14.7. The van der Waals surface area contributed by atoms with Gasteiger partial charge < -0.3 is 16.0 Å². The molecule has 1 amide bonds. The summed E-state index contributed by atoms with van der Waals surface area (Å²) in [5.74, 6) is 0.670. The third kappa shape index (κ3) is 8.05. The minimum Gasteiger partial charge on any atom is -0.356 e. The van der Waals surface area contributed by atoms with Crippen molar-refractivity contribution >= 4 is 27.4 Å². The van der Waals surface area contributed by atoms with E-state index in [0.717, 1.165) is 29.7 Å². The molecule has 2 aromatic carbocycles. The molecule has 0 bridgehead atoms. The van der Waals surface area contributed by atoms with Gasteiger partial charge in [-0.1, -0.05) is 38.1 Å². The Labute approximate surface area is 185 Å². The van der Waals surface area contributed by atoms with Crippen LogP contribution in [0.2, 0.25) is 0 Å². The van der Waals surface area contributed by atoms with Gasteiger partial charge in [-0.05, 0) is 48.2 Å². The highest BCUT2D eigenvalue weighted by Gasteiger charge is 2.10. The molecule has 0 fully saturated rings. The molecule has 0 radical (unpaired) electrons. The van der Waals surface area contributed by atoms with Crippen molar-refractivity contribution in [1.29, 1.82) is 0 Å². The van der Waals surface area contributed by atoms with Crippen LogP contribution in [0, 0.1) is 5.92 Å². The Hall–Kier alpha value is -2.87. The van der Waals surface area contributed by atoms with Crippen molar-refractivity contribution in [3.63, 3.8) is 0 Å². The molecular formula is C23H32N4O3S. The van der Waals surface area contributed by atoms with E-state index in [2.05, 4.69) is 20.9 Å². The summed E-state index contributed by atoms with van der Waals surface area (Å²) >= 11 is 0. The number of sulfone groups is 1. The SMILES string of the molecule is CCC(C)C(=O)Nc1cccc(CNC(=NC)NCCc2ccc(S(C)(=O)=O)cc2)c1. The summed E-state index contributed by atoms with van der Waals surface area (Å²) in [5, 5.41) is 9.47. The molecule has 7 nitrogen and oxygen atoms in total. The van der Waals surface area contributed by atoms with Crippen LogP contribution in [0.25, 0.3) is 0 Å². The van der Waals surface area contributed by atoms with E-state index >= 15 is 0 Å². The zero-order chi connectivity index (χ0) is 22.9. The number of amides is 1. The van der Waals surface area contributed by atoms with E-state index in [0.29, 0.717) is 23.9 Å². The number of nitrogens with zero attached hydrogens (tertiary/aromatic N) is 1. The first-order valence-electron chi connectivity index (χ1n) is 10.4. The molecule has 0 saturated carbocycles. The first-order valence-corrected chi connectivity index (χ1v) is 12.3. The largest absolute Gasteiger partial charge is 0.356 e. The Kier molecular flexibility index (Phi) is 9.05. The van der Waals surface area contributed by atoms with Gasteiger partial charge in [-0.25, -0.2) is 8.42 Å². The molecule has 0 aliphatic carbocycles. The number of rotatable bonds is 9. The number of nitrogens with one attached hydrogen (secondary N) is 3. The quantitative estimate of drug-likeness (QED) is 0.408. The molecule has 0 spiro atoms. The van der Waals surface area contributed by atoms with Crippen molar-refractivity contribution in [2.45, 2.75) is 38.1 Å². The fraction of sp³-hybridized carbons (Fsp3) is 0.391. The number of aliphatic imine (C=N–C) groups is 1. The number of carbonyl (C=O) groups is 1. The van der Waals surface area contributed by atoms with Crippen LogP contribution in [0.1, 0.15) is 31.4 Å². The zero-order valence-corrected chi connectivity index (χ0v) is 19.4. The van der Waals surface area contributed by atoms with Crippen LogP contribution < -0.4 is 16.0 Å². The second kappa shape index (κ2) is 11.5. The van der Waals surface area contributed by atoms with E-state index in [1.54, 1.807) is 19.2 Å². The minimum atomic E-state index is -3.17. The van der Waals surface area contributed by atoms with Crippen molar-refractivity contribution in [2.24, 2.45) is 10.9 Å². The summed E-state index contributed by atoms with van der Waals surface area (Å²) in [4.78, 5) is 16.6. The normalized spacial score (nSPS) is 12.8. The van der Waals surface area contributed by atoms with Crippen LogP contribution in [-0.2, 0) is 27.6 Å². The number of hydrogen-bond donors (Lipinski definition) is 3. The summed E-state index contributed by atoms with van der Waals surface area (Å²) in [6.45, 7) is 5.13. The predicted octanol–water partition coefficient (Wildman–Crippen LogP) is 2.98. The monoisotopic (exact) mass is 444 g/mol. The average Bonchev–Trinajstić information content (AvgIpc) is 2.75. The van der Waals surface area contributed by atoms with Crippen molar-refractivity contribution in [3.05, 3.63) is 59.7 Å². The summed E-state index contributed by atoms with van der Waals surface area (Å²) in [7, 11) is -1.47. The molecule has 0 aliphatic heterocycles. The lowest BCUT2D eigenvalue weighted by Crippen LogP contribution is -2.37. The van der Waals surface area contributed by atoms with Crippen LogP contribution in [0.3, 0.4) is 0 Å². The second-order valence-corrected chi connectivity index (χ2v) is 9.53. The Bertz CT molecular complexity index is 1000. The van der Waals surface area contributed by atoms with Gasteiger partial charge in [-0.3, -0.25) is 9.79 Å². The number of guanidine groups is 1. The number of hydrogen-bond acceptors (Lipinski definition) is 4. The smallest absolute Gasteiger partial charge is 0.227 e. The van der Waals surface area contributed by atoms with E-state index in [4.69, 9.17) is 0 Å². The molecule has 3 N–H and O–H groups in total. The molecule has 2 aromatic rings. The predicted molar refractivity (Wildman–Crippen MR) is 126 cm³/mol. The highest BCUT2D eigenvalue weighted by Crippen LogP contribution is 2.13. The fourth-order valence-electron chi connectivity index (χ4n) is 2.84. The molecule has 0 saturated heterocycles. The van der Waals surface area contributed by atoms with Crippen LogP contribution in [0.5, 0.6) is 0 Å². The van der Waals surface area contributed by atoms with Crippen molar-refractivity contribution in [1.82, 2.24) is 10.6 Å². The molecule has 1 atom stereocenters. The van der Waals surface area contributed by atoms with Gasteiger partial charge in [-0.2, -0.15) is 0 Å². The molecule has 8 heteroatoms. The second-order valence-electron chi connectivity index (χ2n) is 7.52. The third-order valence-corrected chi connectivity index (χ3v) is 6.12. The molecule has 31 heavy (non-hydrogen) atoms. The van der Waals surface area contributed by atoms with Gasteiger partial charge in [0.15, 0.2) is 15.8 Å². The summed E-state index contributed by atoms with van der Waals surface area (Å²) in [5.41, 5.74) is 2.85. The molecule has 0 aromatic heterocycles. The van der Waals surface area contributed by atoms with E-state index in [1.807, 2.05) is 50.2 Å². The topological polar surface area (TPSA) is 99.7 Å². The molecule has 168 valence electrons. The Balaban J connectivity index is 1.83. The van der Waals surface area contributed by atoms with E-state index in [-0.39, 0.29) is 11.8 Å². The van der Waals surface area contributed by atoms with Gasteiger partial charge in [0.25, 0.3) is 0 Å². The lowest BCUT2D eigenvalue weighted by molar-refractivity contribution is -0.119. The molecule has 0 heterocycles. The molecule has 1 unspecified atom stereocenters.